The first kappa shape index (κ1) is 24.1. The molecule has 0 fully saturated rings. The van der Waals surface area contributed by atoms with E-state index < -0.39 is 0 Å². The second-order valence-electron chi connectivity index (χ2n) is 8.47. The van der Waals surface area contributed by atoms with Gasteiger partial charge in [-0.25, -0.2) is 0 Å². The zero-order chi connectivity index (χ0) is 19.7. The van der Waals surface area contributed by atoms with Gasteiger partial charge >= 0.3 is 0 Å². The van der Waals surface area contributed by atoms with Crippen LogP contribution in [0.3, 0.4) is 0 Å². The maximum Gasteiger partial charge on any atom is 0.119 e. The van der Waals surface area contributed by atoms with Gasteiger partial charge in [-0.15, -0.1) is 0 Å². The summed E-state index contributed by atoms with van der Waals surface area (Å²) in [4.78, 5) is 0. The van der Waals surface area contributed by atoms with Crippen molar-refractivity contribution >= 4 is 0 Å². The average molecular weight is 375 g/mol. The third-order valence-corrected chi connectivity index (χ3v) is 6.13. The van der Waals surface area contributed by atoms with Gasteiger partial charge in [-0.1, -0.05) is 116 Å². The van der Waals surface area contributed by atoms with E-state index in [0.29, 0.717) is 11.7 Å². The monoisotopic (exact) mass is 374 g/mol. The lowest BCUT2D eigenvalue weighted by Crippen LogP contribution is -2.14. The topological polar surface area (TPSA) is 20.2 Å². The first-order chi connectivity index (χ1) is 13.2. The van der Waals surface area contributed by atoms with Crippen molar-refractivity contribution in [2.75, 3.05) is 0 Å². The van der Waals surface area contributed by atoms with Gasteiger partial charge in [0.05, 0.1) is 0 Å². The lowest BCUT2D eigenvalue weighted by atomic mass is 9.76. The van der Waals surface area contributed by atoms with Gasteiger partial charge in [0.2, 0.25) is 0 Å². The van der Waals surface area contributed by atoms with Crippen LogP contribution in [0.4, 0.5) is 0 Å². The molecule has 2 atom stereocenters. The minimum Gasteiger partial charge on any atom is -0.508 e. The van der Waals surface area contributed by atoms with Crippen LogP contribution in [0.15, 0.2) is 24.3 Å². The molecule has 1 aromatic rings. The summed E-state index contributed by atoms with van der Waals surface area (Å²) >= 11 is 0. The van der Waals surface area contributed by atoms with Crippen molar-refractivity contribution in [1.82, 2.24) is 0 Å². The highest BCUT2D eigenvalue weighted by Crippen LogP contribution is 2.40. The first-order valence-electron chi connectivity index (χ1n) is 12.0. The van der Waals surface area contributed by atoms with Gasteiger partial charge < -0.3 is 5.11 Å². The molecule has 0 bridgehead atoms. The van der Waals surface area contributed by atoms with Gasteiger partial charge in [-0.2, -0.15) is 0 Å². The van der Waals surface area contributed by atoms with Crippen LogP contribution < -0.4 is 0 Å². The van der Waals surface area contributed by atoms with Crippen LogP contribution in [-0.4, -0.2) is 5.11 Å². The van der Waals surface area contributed by atoms with Gasteiger partial charge in [0.1, 0.15) is 5.75 Å². The lowest BCUT2D eigenvalue weighted by molar-refractivity contribution is 0.317. The molecule has 0 spiro atoms. The van der Waals surface area contributed by atoms with Gasteiger partial charge in [-0.05, 0) is 42.7 Å². The van der Waals surface area contributed by atoms with Crippen LogP contribution in [-0.2, 0) is 0 Å². The van der Waals surface area contributed by atoms with Crippen molar-refractivity contribution in [1.29, 1.82) is 0 Å². The van der Waals surface area contributed by atoms with Crippen LogP contribution in [0.25, 0.3) is 0 Å². The Hall–Kier alpha value is -0.980. The van der Waals surface area contributed by atoms with Crippen molar-refractivity contribution in [3.63, 3.8) is 0 Å². The highest BCUT2D eigenvalue weighted by molar-refractivity contribution is 5.35. The normalized spacial score (nSPS) is 13.6. The minimum absolute atomic E-state index is 0.517. The Kier molecular flexibility index (Phi) is 14.3. The minimum atomic E-state index is 0.517. The smallest absolute Gasteiger partial charge is 0.119 e. The third-order valence-electron chi connectivity index (χ3n) is 6.13. The number of phenols is 1. The van der Waals surface area contributed by atoms with Crippen molar-refractivity contribution in [3.8, 4) is 5.75 Å². The Balaban J connectivity index is 2.75. The molecule has 2 unspecified atom stereocenters. The zero-order valence-corrected chi connectivity index (χ0v) is 18.5. The van der Waals surface area contributed by atoms with Gasteiger partial charge in [0.25, 0.3) is 0 Å². The lowest BCUT2D eigenvalue weighted by Gasteiger charge is -2.29. The molecule has 156 valence electrons. The summed E-state index contributed by atoms with van der Waals surface area (Å²) in [7, 11) is 0. The van der Waals surface area contributed by atoms with Crippen molar-refractivity contribution in [2.24, 2.45) is 5.92 Å². The van der Waals surface area contributed by atoms with Crippen molar-refractivity contribution < 1.29 is 5.11 Å². The van der Waals surface area contributed by atoms with Gasteiger partial charge in [-0.3, -0.25) is 0 Å². The Morgan fingerprint density at radius 3 is 1.81 bits per heavy atom. The summed E-state index contributed by atoms with van der Waals surface area (Å²) in [6.07, 6.45) is 20.0. The molecule has 1 aromatic carbocycles. The Morgan fingerprint density at radius 2 is 1.15 bits per heavy atom. The molecule has 1 nitrogen and oxygen atoms in total. The Labute approximate surface area is 170 Å². The molecule has 0 radical (unpaired) electrons. The molecule has 1 rings (SSSR count). The summed E-state index contributed by atoms with van der Waals surface area (Å²) in [5.74, 6) is 1.78. The van der Waals surface area contributed by atoms with Crippen LogP contribution in [0.5, 0.6) is 5.75 Å². The molecule has 0 aliphatic heterocycles. The first-order valence-corrected chi connectivity index (χ1v) is 12.0. The molecule has 0 heterocycles. The number of benzene rings is 1. The molecule has 27 heavy (non-hydrogen) atoms. The van der Waals surface area contributed by atoms with Crippen molar-refractivity contribution in [3.05, 3.63) is 29.8 Å². The Bertz CT molecular complexity index is 453. The quantitative estimate of drug-likeness (QED) is 0.270. The van der Waals surface area contributed by atoms with E-state index in [0.717, 1.165) is 5.92 Å². The van der Waals surface area contributed by atoms with Crippen LogP contribution >= 0.6 is 0 Å². The van der Waals surface area contributed by atoms with E-state index in [-0.39, 0.29) is 0 Å². The van der Waals surface area contributed by atoms with E-state index in [1.165, 1.54) is 102 Å². The molecule has 0 aliphatic carbocycles. The third kappa shape index (κ3) is 10.2. The van der Waals surface area contributed by atoms with E-state index in [4.69, 9.17) is 0 Å². The summed E-state index contributed by atoms with van der Waals surface area (Å²) in [6.45, 7) is 6.87. The van der Waals surface area contributed by atoms with Gasteiger partial charge in [0.15, 0.2) is 0 Å². The molecule has 0 saturated carbocycles. The second kappa shape index (κ2) is 16.0. The number of hydrogen-bond donors (Lipinski definition) is 1. The van der Waals surface area contributed by atoms with Gasteiger partial charge in [0, 0.05) is 0 Å². The highest BCUT2D eigenvalue weighted by atomic mass is 16.3. The summed E-state index contributed by atoms with van der Waals surface area (Å²) < 4.78 is 0. The maximum atomic E-state index is 10.5. The van der Waals surface area contributed by atoms with E-state index in [1.807, 2.05) is 12.1 Å². The maximum absolute atomic E-state index is 10.5. The number of rotatable bonds is 17. The summed E-state index contributed by atoms with van der Waals surface area (Å²) in [6, 6.07) is 8.14. The molecule has 0 saturated heterocycles. The van der Waals surface area contributed by atoms with E-state index >= 15 is 0 Å². The molecule has 1 heteroatoms. The largest absolute Gasteiger partial charge is 0.508 e. The predicted molar refractivity (Wildman–Crippen MR) is 121 cm³/mol. The number of para-hydroxylation sites is 1. The average Bonchev–Trinajstić information content (AvgIpc) is 2.68. The molecule has 0 aliphatic rings. The molecule has 0 aromatic heterocycles. The number of hydrogen-bond acceptors (Lipinski definition) is 1. The fraction of sp³-hybridized carbons (Fsp3) is 0.769. The van der Waals surface area contributed by atoms with Crippen LogP contribution in [0, 0.1) is 5.92 Å². The molecular formula is C26H46O. The molecular weight excluding hydrogens is 328 g/mol. The standard InChI is InChI=1S/C26H46O/c1-4-7-10-12-13-15-20-24(25-21-16-17-22-26(25)27)23(18-9-6-3)19-14-11-8-5-2/h16-17,21-24,27H,4-15,18-20H2,1-3H3. The van der Waals surface area contributed by atoms with Crippen LogP contribution in [0.2, 0.25) is 0 Å². The SMILES string of the molecule is CCCCCCCCC(c1ccccc1O)C(CCCC)CCCCCC. The zero-order valence-electron chi connectivity index (χ0n) is 18.5. The molecule has 1 N–H and O–H groups in total. The summed E-state index contributed by atoms with van der Waals surface area (Å²) in [5, 5.41) is 10.5. The van der Waals surface area contributed by atoms with Crippen LogP contribution in [0.1, 0.15) is 129 Å². The molecule has 0 amide bonds. The Morgan fingerprint density at radius 1 is 0.630 bits per heavy atom. The van der Waals surface area contributed by atoms with E-state index in [9.17, 15) is 5.11 Å². The highest BCUT2D eigenvalue weighted by Gasteiger charge is 2.24. The van der Waals surface area contributed by atoms with E-state index in [2.05, 4.69) is 32.9 Å². The summed E-state index contributed by atoms with van der Waals surface area (Å²) in [5.41, 5.74) is 1.21. The number of unbranched alkanes of at least 4 members (excludes halogenated alkanes) is 9. The van der Waals surface area contributed by atoms with E-state index in [1.54, 1.807) is 0 Å². The number of aromatic hydroxyl groups is 1. The van der Waals surface area contributed by atoms with Crippen molar-refractivity contribution in [2.45, 2.75) is 123 Å². The second-order valence-corrected chi connectivity index (χ2v) is 8.47. The number of phenolic OH excluding ortho intramolecular Hbond substituents is 1. The predicted octanol–water partition coefficient (Wildman–Crippen LogP) is 9.00. The fourth-order valence-electron chi connectivity index (χ4n) is 4.44. The fourth-order valence-corrected chi connectivity index (χ4v) is 4.44.